The normalized spacial score (nSPS) is 17.4. The zero-order valence-corrected chi connectivity index (χ0v) is 9.96. The van der Waals surface area contributed by atoms with Crippen LogP contribution in [0.15, 0.2) is 0 Å². The fraction of sp³-hybridized carbons (Fsp3) is 1.00. The van der Waals surface area contributed by atoms with Gasteiger partial charge in [-0.2, -0.15) is 0 Å². The molecule has 0 aliphatic carbocycles. The lowest BCUT2D eigenvalue weighted by atomic mass is 10.2. The molecule has 4 nitrogen and oxygen atoms in total. The molecular formula is C10H23FN2O2. The Hall–Kier alpha value is -0.230. The number of methoxy groups -OCH3 is 2. The summed E-state index contributed by atoms with van der Waals surface area (Å²) in [6.07, 6.45) is 0. The van der Waals surface area contributed by atoms with E-state index in [1.807, 2.05) is 0 Å². The van der Waals surface area contributed by atoms with Crippen LogP contribution >= 0.6 is 0 Å². The molecule has 1 N–H and O–H groups in total. The molecule has 0 aromatic rings. The van der Waals surface area contributed by atoms with Crippen molar-refractivity contribution in [1.82, 2.24) is 10.2 Å². The van der Waals surface area contributed by atoms with Crippen molar-refractivity contribution in [2.45, 2.75) is 6.04 Å². The van der Waals surface area contributed by atoms with E-state index in [4.69, 9.17) is 9.47 Å². The maximum Gasteiger partial charge on any atom is 0.0785 e. The SMILES string of the molecule is CF.COCC(COC)N1CCNCC1. The zero-order chi connectivity index (χ0) is 11.5. The Morgan fingerprint density at radius 2 is 1.60 bits per heavy atom. The number of rotatable bonds is 5. The Balaban J connectivity index is 0.000000921. The molecule has 1 fully saturated rings. The molecule has 1 heterocycles. The number of hydrogen-bond donors (Lipinski definition) is 1. The minimum Gasteiger partial charge on any atom is -0.383 e. The van der Waals surface area contributed by atoms with Crippen LogP contribution in [0.1, 0.15) is 0 Å². The molecule has 1 saturated heterocycles. The molecule has 5 heteroatoms. The van der Waals surface area contributed by atoms with Crippen molar-refractivity contribution in [3.05, 3.63) is 0 Å². The first kappa shape index (κ1) is 14.8. The summed E-state index contributed by atoms with van der Waals surface area (Å²) in [6.45, 7) is 5.85. The number of nitrogens with one attached hydrogen (secondary N) is 1. The van der Waals surface area contributed by atoms with Crippen LogP contribution in [0, 0.1) is 0 Å². The van der Waals surface area contributed by atoms with Crippen molar-refractivity contribution in [3.63, 3.8) is 0 Å². The summed E-state index contributed by atoms with van der Waals surface area (Å²) in [5, 5.41) is 3.33. The van der Waals surface area contributed by atoms with Gasteiger partial charge in [-0.1, -0.05) is 0 Å². The highest BCUT2D eigenvalue weighted by Crippen LogP contribution is 2.02. The highest BCUT2D eigenvalue weighted by molar-refractivity contribution is 4.76. The molecule has 0 bridgehead atoms. The largest absolute Gasteiger partial charge is 0.383 e. The maximum atomic E-state index is 9.50. The predicted molar refractivity (Wildman–Crippen MR) is 59.0 cm³/mol. The lowest BCUT2D eigenvalue weighted by Crippen LogP contribution is -2.51. The van der Waals surface area contributed by atoms with Crippen LogP contribution in [-0.2, 0) is 9.47 Å². The van der Waals surface area contributed by atoms with E-state index in [0.29, 0.717) is 13.2 Å². The van der Waals surface area contributed by atoms with Crippen LogP contribution < -0.4 is 5.32 Å². The molecule has 1 rings (SSSR count). The summed E-state index contributed by atoms with van der Waals surface area (Å²) in [5.74, 6) is 0. The summed E-state index contributed by atoms with van der Waals surface area (Å²) < 4.78 is 19.8. The lowest BCUT2D eigenvalue weighted by molar-refractivity contribution is 0.0303. The van der Waals surface area contributed by atoms with Gasteiger partial charge in [-0.25, -0.2) is 0 Å². The van der Waals surface area contributed by atoms with Crippen molar-refractivity contribution < 1.29 is 13.9 Å². The molecule has 0 atom stereocenters. The van der Waals surface area contributed by atoms with E-state index < -0.39 is 0 Å². The Kier molecular flexibility index (Phi) is 10.1. The molecule has 0 amide bonds. The second kappa shape index (κ2) is 10.3. The van der Waals surface area contributed by atoms with Crippen LogP contribution in [0.5, 0.6) is 0 Å². The molecule has 0 aromatic carbocycles. The fourth-order valence-corrected chi connectivity index (χ4v) is 1.69. The topological polar surface area (TPSA) is 33.7 Å². The summed E-state index contributed by atoms with van der Waals surface area (Å²) in [5.41, 5.74) is 0. The number of piperazine rings is 1. The van der Waals surface area contributed by atoms with Gasteiger partial charge in [0.1, 0.15) is 0 Å². The molecule has 1 aliphatic rings. The van der Waals surface area contributed by atoms with E-state index in [-0.39, 0.29) is 0 Å². The van der Waals surface area contributed by atoms with E-state index >= 15 is 0 Å². The number of hydrogen-bond acceptors (Lipinski definition) is 4. The quantitative estimate of drug-likeness (QED) is 0.717. The average molecular weight is 222 g/mol. The number of nitrogens with zero attached hydrogens (tertiary/aromatic N) is 1. The van der Waals surface area contributed by atoms with Gasteiger partial charge in [0.05, 0.1) is 26.4 Å². The highest BCUT2D eigenvalue weighted by Gasteiger charge is 2.19. The summed E-state index contributed by atoms with van der Waals surface area (Å²) >= 11 is 0. The second-order valence-corrected chi connectivity index (χ2v) is 3.35. The van der Waals surface area contributed by atoms with Crippen LogP contribution in [-0.4, -0.2) is 71.7 Å². The molecule has 0 aromatic heterocycles. The van der Waals surface area contributed by atoms with Gasteiger partial charge in [-0.15, -0.1) is 0 Å². The zero-order valence-electron chi connectivity index (χ0n) is 9.96. The monoisotopic (exact) mass is 222 g/mol. The van der Waals surface area contributed by atoms with E-state index in [2.05, 4.69) is 10.2 Å². The average Bonchev–Trinajstić information content (AvgIpc) is 2.33. The molecular weight excluding hydrogens is 199 g/mol. The van der Waals surface area contributed by atoms with Gasteiger partial charge in [0.15, 0.2) is 0 Å². The molecule has 15 heavy (non-hydrogen) atoms. The van der Waals surface area contributed by atoms with Gasteiger partial charge in [-0.05, 0) is 0 Å². The van der Waals surface area contributed by atoms with Gasteiger partial charge in [-0.3, -0.25) is 9.29 Å². The second-order valence-electron chi connectivity index (χ2n) is 3.35. The van der Waals surface area contributed by atoms with E-state index in [0.717, 1.165) is 39.4 Å². The third kappa shape index (κ3) is 6.04. The summed E-state index contributed by atoms with van der Waals surface area (Å²) in [4.78, 5) is 2.42. The minimum atomic E-state index is 0.414. The van der Waals surface area contributed by atoms with Crippen LogP contribution in [0.25, 0.3) is 0 Å². The van der Waals surface area contributed by atoms with Gasteiger partial charge in [0, 0.05) is 40.4 Å². The third-order valence-electron chi connectivity index (χ3n) is 2.39. The summed E-state index contributed by atoms with van der Waals surface area (Å²) in [7, 11) is 3.98. The van der Waals surface area contributed by atoms with Crippen LogP contribution in [0.3, 0.4) is 0 Å². The van der Waals surface area contributed by atoms with Gasteiger partial charge < -0.3 is 14.8 Å². The van der Waals surface area contributed by atoms with Gasteiger partial charge in [0.2, 0.25) is 0 Å². The van der Waals surface area contributed by atoms with Crippen molar-refractivity contribution in [1.29, 1.82) is 0 Å². The Morgan fingerprint density at radius 1 is 1.13 bits per heavy atom. The number of ether oxygens (including phenoxy) is 2. The number of halogens is 1. The van der Waals surface area contributed by atoms with Crippen LogP contribution in [0.4, 0.5) is 4.39 Å². The molecule has 0 radical (unpaired) electrons. The van der Waals surface area contributed by atoms with E-state index in [9.17, 15) is 4.39 Å². The number of alkyl halides is 1. The van der Waals surface area contributed by atoms with Gasteiger partial charge >= 0.3 is 0 Å². The van der Waals surface area contributed by atoms with E-state index in [1.54, 1.807) is 14.2 Å². The molecule has 1 aliphatic heterocycles. The van der Waals surface area contributed by atoms with Crippen LogP contribution in [0.2, 0.25) is 0 Å². The first-order chi connectivity index (χ1) is 7.38. The van der Waals surface area contributed by atoms with Crippen molar-refractivity contribution in [2.24, 2.45) is 0 Å². The van der Waals surface area contributed by atoms with Crippen molar-refractivity contribution in [3.8, 4) is 0 Å². The lowest BCUT2D eigenvalue weighted by Gasteiger charge is -2.34. The first-order valence-electron chi connectivity index (χ1n) is 5.19. The predicted octanol–water partition coefficient (Wildman–Crippen LogP) is 0.139. The maximum absolute atomic E-state index is 9.50. The summed E-state index contributed by atoms with van der Waals surface area (Å²) in [6, 6.07) is 0.414. The Morgan fingerprint density at radius 3 is 2.00 bits per heavy atom. The van der Waals surface area contributed by atoms with E-state index in [1.165, 1.54) is 0 Å². The molecule has 92 valence electrons. The Bertz CT molecular complexity index is 127. The van der Waals surface area contributed by atoms with Gasteiger partial charge in [0.25, 0.3) is 0 Å². The van der Waals surface area contributed by atoms with Crippen molar-refractivity contribution >= 4 is 0 Å². The minimum absolute atomic E-state index is 0.414. The molecule has 0 spiro atoms. The molecule has 0 saturated carbocycles. The van der Waals surface area contributed by atoms with Crippen molar-refractivity contribution in [2.75, 3.05) is 60.8 Å². The highest BCUT2D eigenvalue weighted by atomic mass is 19.1. The molecule has 0 unspecified atom stereocenters. The first-order valence-corrected chi connectivity index (χ1v) is 5.19. The standard InChI is InChI=1S/C9H20N2O2.CH3F/c1-12-7-9(8-13-2)11-5-3-10-4-6-11;1-2/h9-10H,3-8H2,1-2H3;1H3. The Labute approximate surface area is 91.7 Å². The fourth-order valence-electron chi connectivity index (χ4n) is 1.69. The third-order valence-corrected chi connectivity index (χ3v) is 2.39. The smallest absolute Gasteiger partial charge is 0.0785 e.